The lowest BCUT2D eigenvalue weighted by atomic mass is 10.0. The van der Waals surface area contributed by atoms with Crippen LogP contribution in [0.3, 0.4) is 0 Å². The fourth-order valence-corrected chi connectivity index (χ4v) is 1.19. The van der Waals surface area contributed by atoms with Gasteiger partial charge in [0.2, 0.25) is 0 Å². The molecular formula is C12H15NO4. The van der Waals surface area contributed by atoms with Crippen molar-refractivity contribution in [2.75, 3.05) is 21.2 Å². The number of hydrogen-bond donors (Lipinski definition) is 1. The Kier molecular flexibility index (Phi) is 6.43. The molecular weight excluding hydrogens is 222 g/mol. The highest BCUT2D eigenvalue weighted by Gasteiger charge is 2.12. The van der Waals surface area contributed by atoms with Gasteiger partial charge in [-0.25, -0.2) is 0 Å². The molecule has 0 atom stereocenters. The van der Waals surface area contributed by atoms with Gasteiger partial charge in [0.05, 0.1) is 5.56 Å². The number of rotatable bonds is 3. The minimum Gasteiger partial charge on any atom is -0.400 e. The number of aliphatic hydroxyl groups is 1. The number of aldehydes is 2. The molecule has 1 amide bonds. The van der Waals surface area contributed by atoms with Crippen LogP contribution >= 0.6 is 0 Å². The van der Waals surface area contributed by atoms with Gasteiger partial charge in [0.15, 0.2) is 6.29 Å². The summed E-state index contributed by atoms with van der Waals surface area (Å²) in [6.45, 7) is 0. The van der Waals surface area contributed by atoms with Crippen molar-refractivity contribution in [3.05, 3.63) is 34.9 Å². The van der Waals surface area contributed by atoms with Crippen LogP contribution in [0.2, 0.25) is 0 Å². The number of aliphatic hydroxyl groups excluding tert-OH is 1. The van der Waals surface area contributed by atoms with E-state index in [1.54, 1.807) is 14.1 Å². The summed E-state index contributed by atoms with van der Waals surface area (Å²) in [7, 11) is 4.20. The highest BCUT2D eigenvalue weighted by Crippen LogP contribution is 2.10. The van der Waals surface area contributed by atoms with E-state index in [0.717, 1.165) is 7.11 Å². The van der Waals surface area contributed by atoms with Gasteiger partial charge in [-0.05, 0) is 12.1 Å². The molecule has 17 heavy (non-hydrogen) atoms. The van der Waals surface area contributed by atoms with E-state index in [-0.39, 0.29) is 11.5 Å². The number of carbonyl (C=O) groups excluding carboxylic acids is 3. The van der Waals surface area contributed by atoms with Gasteiger partial charge < -0.3 is 10.0 Å². The molecule has 0 aliphatic rings. The van der Waals surface area contributed by atoms with Crippen LogP contribution in [0.4, 0.5) is 0 Å². The van der Waals surface area contributed by atoms with Crippen LogP contribution in [0.25, 0.3) is 0 Å². The Hall–Kier alpha value is -2.01. The summed E-state index contributed by atoms with van der Waals surface area (Å²) in [5, 5.41) is 7.00. The topological polar surface area (TPSA) is 74.7 Å². The normalized spacial score (nSPS) is 8.71. The average molecular weight is 237 g/mol. The molecule has 0 aliphatic heterocycles. The van der Waals surface area contributed by atoms with E-state index in [9.17, 15) is 14.4 Å². The van der Waals surface area contributed by atoms with Gasteiger partial charge in [-0.15, -0.1) is 0 Å². The molecule has 92 valence electrons. The average Bonchev–Trinajstić information content (AvgIpc) is 2.39. The van der Waals surface area contributed by atoms with Crippen molar-refractivity contribution in [1.29, 1.82) is 0 Å². The maximum absolute atomic E-state index is 11.6. The molecule has 5 heteroatoms. The van der Waals surface area contributed by atoms with Crippen molar-refractivity contribution in [2.45, 2.75) is 0 Å². The predicted molar refractivity (Wildman–Crippen MR) is 63.4 cm³/mol. The Morgan fingerprint density at radius 1 is 1.18 bits per heavy atom. The lowest BCUT2D eigenvalue weighted by Crippen LogP contribution is -2.23. The molecule has 1 N–H and O–H groups in total. The first-order valence-electron chi connectivity index (χ1n) is 4.81. The van der Waals surface area contributed by atoms with Crippen LogP contribution in [0.15, 0.2) is 18.2 Å². The number of carbonyl (C=O) groups is 3. The lowest BCUT2D eigenvalue weighted by Gasteiger charge is -2.11. The van der Waals surface area contributed by atoms with Crippen molar-refractivity contribution >= 4 is 18.5 Å². The predicted octanol–water partition coefficient (Wildman–Crippen LogP) is 0.622. The van der Waals surface area contributed by atoms with E-state index in [1.165, 1.54) is 23.1 Å². The minimum absolute atomic E-state index is 0.235. The maximum Gasteiger partial charge on any atom is 0.254 e. The number of amides is 1. The van der Waals surface area contributed by atoms with Crippen molar-refractivity contribution in [3.63, 3.8) is 0 Å². The van der Waals surface area contributed by atoms with E-state index >= 15 is 0 Å². The Balaban J connectivity index is 0.00000121. The second kappa shape index (κ2) is 7.29. The number of nitrogens with zero attached hydrogens (tertiary/aromatic N) is 1. The van der Waals surface area contributed by atoms with Crippen LogP contribution in [0.5, 0.6) is 0 Å². The molecule has 0 saturated heterocycles. The van der Waals surface area contributed by atoms with E-state index in [0.29, 0.717) is 23.7 Å². The van der Waals surface area contributed by atoms with Gasteiger partial charge in [-0.2, -0.15) is 0 Å². The van der Waals surface area contributed by atoms with Crippen LogP contribution in [-0.4, -0.2) is 49.7 Å². The molecule has 0 aliphatic carbocycles. The summed E-state index contributed by atoms with van der Waals surface area (Å²) in [4.78, 5) is 34.2. The summed E-state index contributed by atoms with van der Waals surface area (Å²) >= 11 is 0. The third-order valence-electron chi connectivity index (χ3n) is 1.98. The molecule has 0 radical (unpaired) electrons. The summed E-state index contributed by atoms with van der Waals surface area (Å²) in [5.74, 6) is -0.255. The SMILES string of the molecule is CN(C)C(=O)c1ccc(C=O)cc1C=O.CO. The zero-order valence-electron chi connectivity index (χ0n) is 10.0. The first kappa shape index (κ1) is 15.0. The van der Waals surface area contributed by atoms with Gasteiger partial charge in [0, 0.05) is 32.3 Å². The monoisotopic (exact) mass is 237 g/mol. The molecule has 0 spiro atoms. The van der Waals surface area contributed by atoms with Gasteiger partial charge in [0.25, 0.3) is 5.91 Å². The quantitative estimate of drug-likeness (QED) is 0.782. The first-order chi connectivity index (χ1) is 8.10. The standard InChI is InChI=1S/C11H11NO3.CH4O/c1-12(2)11(15)10-4-3-8(6-13)5-9(10)7-14;1-2/h3-7H,1-2H3;2H,1H3. The lowest BCUT2D eigenvalue weighted by molar-refractivity contribution is 0.0824. The fraction of sp³-hybridized carbons (Fsp3) is 0.250. The Bertz CT molecular complexity index is 413. The van der Waals surface area contributed by atoms with Crippen LogP contribution < -0.4 is 0 Å². The second-order valence-corrected chi connectivity index (χ2v) is 3.28. The molecule has 1 aromatic carbocycles. The zero-order chi connectivity index (χ0) is 13.4. The zero-order valence-corrected chi connectivity index (χ0v) is 10.0. The van der Waals surface area contributed by atoms with Gasteiger partial charge in [-0.1, -0.05) is 6.07 Å². The van der Waals surface area contributed by atoms with E-state index in [2.05, 4.69) is 0 Å². The Morgan fingerprint density at radius 3 is 2.18 bits per heavy atom. The summed E-state index contributed by atoms with van der Waals surface area (Å²) in [6, 6.07) is 4.39. The Morgan fingerprint density at radius 2 is 1.76 bits per heavy atom. The fourth-order valence-electron chi connectivity index (χ4n) is 1.19. The van der Waals surface area contributed by atoms with Crippen LogP contribution in [0.1, 0.15) is 31.1 Å². The van der Waals surface area contributed by atoms with Gasteiger partial charge >= 0.3 is 0 Å². The van der Waals surface area contributed by atoms with E-state index in [1.807, 2.05) is 0 Å². The molecule has 1 aromatic rings. The Labute approximate surface area is 99.7 Å². The molecule has 0 aromatic heterocycles. The van der Waals surface area contributed by atoms with E-state index in [4.69, 9.17) is 5.11 Å². The summed E-state index contributed by atoms with van der Waals surface area (Å²) in [6.07, 6.45) is 1.21. The highest BCUT2D eigenvalue weighted by atomic mass is 16.2. The number of benzene rings is 1. The molecule has 0 bridgehead atoms. The highest BCUT2D eigenvalue weighted by molar-refractivity contribution is 6.02. The minimum atomic E-state index is -0.255. The van der Waals surface area contributed by atoms with Crippen LogP contribution in [-0.2, 0) is 0 Å². The first-order valence-corrected chi connectivity index (χ1v) is 4.81. The van der Waals surface area contributed by atoms with Crippen molar-refractivity contribution in [1.82, 2.24) is 4.90 Å². The van der Waals surface area contributed by atoms with Crippen molar-refractivity contribution in [3.8, 4) is 0 Å². The smallest absolute Gasteiger partial charge is 0.254 e. The van der Waals surface area contributed by atoms with E-state index < -0.39 is 0 Å². The molecule has 0 heterocycles. The largest absolute Gasteiger partial charge is 0.400 e. The molecule has 0 unspecified atom stereocenters. The van der Waals surface area contributed by atoms with Crippen molar-refractivity contribution < 1.29 is 19.5 Å². The summed E-state index contributed by atoms with van der Waals surface area (Å²) < 4.78 is 0. The maximum atomic E-state index is 11.6. The van der Waals surface area contributed by atoms with Gasteiger partial charge in [0.1, 0.15) is 6.29 Å². The van der Waals surface area contributed by atoms with Crippen LogP contribution in [0, 0.1) is 0 Å². The molecule has 0 fully saturated rings. The second-order valence-electron chi connectivity index (χ2n) is 3.28. The van der Waals surface area contributed by atoms with Gasteiger partial charge in [-0.3, -0.25) is 14.4 Å². The summed E-state index contributed by atoms with van der Waals surface area (Å²) in [5.41, 5.74) is 0.923. The molecule has 0 saturated carbocycles. The third-order valence-corrected chi connectivity index (χ3v) is 1.98. The van der Waals surface area contributed by atoms with Crippen molar-refractivity contribution in [2.24, 2.45) is 0 Å². The molecule has 5 nitrogen and oxygen atoms in total. The number of hydrogen-bond acceptors (Lipinski definition) is 4. The molecule has 1 rings (SSSR count). The third kappa shape index (κ3) is 3.81.